The summed E-state index contributed by atoms with van der Waals surface area (Å²) in [7, 11) is 0. The molecule has 1 aliphatic rings. The molecule has 0 saturated carbocycles. The molecule has 0 aliphatic carbocycles. The lowest BCUT2D eigenvalue weighted by Gasteiger charge is -2.36. The van der Waals surface area contributed by atoms with Crippen molar-refractivity contribution in [2.45, 2.75) is 6.54 Å². The largest absolute Gasteiger partial charge is 0.467 e. The van der Waals surface area contributed by atoms with Gasteiger partial charge in [0.2, 0.25) is 0 Å². The number of carbonyl (C=O) groups excluding carboxylic acids is 1. The Hall–Kier alpha value is -3.42. The number of carbonyl (C=O) groups is 1. The van der Waals surface area contributed by atoms with E-state index < -0.39 is 0 Å². The van der Waals surface area contributed by atoms with Gasteiger partial charge < -0.3 is 19.5 Å². The van der Waals surface area contributed by atoms with E-state index in [1.807, 2.05) is 11.0 Å². The summed E-state index contributed by atoms with van der Waals surface area (Å²) in [6.45, 7) is 3.00. The number of para-hydroxylation sites is 1. The van der Waals surface area contributed by atoms with E-state index in [0.29, 0.717) is 55.7 Å². The maximum Gasteiger partial charge on any atom is 0.270 e. The molecule has 4 rings (SSSR count). The van der Waals surface area contributed by atoms with Gasteiger partial charge in [0.25, 0.3) is 5.91 Å². The van der Waals surface area contributed by atoms with Crippen molar-refractivity contribution in [2.24, 2.45) is 0 Å². The van der Waals surface area contributed by atoms with Gasteiger partial charge >= 0.3 is 0 Å². The highest BCUT2D eigenvalue weighted by Crippen LogP contribution is 2.22. The number of nitrogens with one attached hydrogen (secondary N) is 1. The third kappa shape index (κ3) is 3.95. The Labute approximate surface area is 161 Å². The number of hydrogen-bond donors (Lipinski definition) is 1. The number of aromatic nitrogens is 2. The van der Waals surface area contributed by atoms with Crippen molar-refractivity contribution in [3.05, 3.63) is 72.3 Å². The lowest BCUT2D eigenvalue weighted by Crippen LogP contribution is -2.47. The fourth-order valence-electron chi connectivity index (χ4n) is 3.20. The van der Waals surface area contributed by atoms with Gasteiger partial charge in [0, 0.05) is 32.2 Å². The zero-order chi connectivity index (χ0) is 19.3. The first-order valence-corrected chi connectivity index (χ1v) is 9.08. The molecule has 7 nitrogen and oxygen atoms in total. The Bertz CT molecular complexity index is 939. The Balaban J connectivity index is 1.38. The van der Waals surface area contributed by atoms with E-state index in [2.05, 4.69) is 20.2 Å². The van der Waals surface area contributed by atoms with Crippen LogP contribution in [0.3, 0.4) is 0 Å². The standard InChI is InChI=1S/C20H20FN5O2/c21-16-5-1-2-6-18(16)25-7-9-26(10-8-25)19-12-17(23-14-24-19)20(27)22-13-15-4-3-11-28-15/h1-6,11-12,14H,7-10,13H2,(H,22,27). The van der Waals surface area contributed by atoms with E-state index in [0.717, 1.165) is 0 Å². The van der Waals surface area contributed by atoms with E-state index in [9.17, 15) is 9.18 Å². The summed E-state index contributed by atoms with van der Waals surface area (Å²) in [5.41, 5.74) is 0.913. The summed E-state index contributed by atoms with van der Waals surface area (Å²) >= 11 is 0. The number of halogens is 1. The van der Waals surface area contributed by atoms with Crippen molar-refractivity contribution >= 4 is 17.4 Å². The molecule has 0 bridgehead atoms. The van der Waals surface area contributed by atoms with Crippen LogP contribution in [0.5, 0.6) is 0 Å². The maximum atomic E-state index is 14.0. The molecule has 28 heavy (non-hydrogen) atoms. The van der Waals surface area contributed by atoms with Crippen LogP contribution in [0.1, 0.15) is 16.2 Å². The van der Waals surface area contributed by atoms with Crippen molar-refractivity contribution in [2.75, 3.05) is 36.0 Å². The van der Waals surface area contributed by atoms with Crippen molar-refractivity contribution in [3.8, 4) is 0 Å². The number of hydrogen-bond acceptors (Lipinski definition) is 6. The minimum absolute atomic E-state index is 0.214. The van der Waals surface area contributed by atoms with Crippen LogP contribution >= 0.6 is 0 Å². The molecule has 1 aliphatic heterocycles. The number of anilines is 2. The quantitative estimate of drug-likeness (QED) is 0.732. The van der Waals surface area contributed by atoms with Gasteiger partial charge in [-0.2, -0.15) is 0 Å². The number of amides is 1. The average Bonchev–Trinajstić information content (AvgIpc) is 3.26. The highest BCUT2D eigenvalue weighted by Gasteiger charge is 2.21. The zero-order valence-corrected chi connectivity index (χ0v) is 15.2. The molecule has 0 atom stereocenters. The van der Waals surface area contributed by atoms with Crippen LogP contribution in [0.2, 0.25) is 0 Å². The van der Waals surface area contributed by atoms with Crippen LogP contribution in [0.15, 0.2) is 59.5 Å². The molecule has 3 heterocycles. The first-order valence-electron chi connectivity index (χ1n) is 9.08. The maximum absolute atomic E-state index is 14.0. The molecular formula is C20H20FN5O2. The molecule has 3 aromatic rings. The van der Waals surface area contributed by atoms with Crippen molar-refractivity contribution < 1.29 is 13.6 Å². The van der Waals surface area contributed by atoms with Crippen LogP contribution in [0.25, 0.3) is 0 Å². The number of nitrogens with zero attached hydrogens (tertiary/aromatic N) is 4. The Morgan fingerprint density at radius 3 is 2.61 bits per heavy atom. The van der Waals surface area contributed by atoms with E-state index in [-0.39, 0.29) is 11.7 Å². The zero-order valence-electron chi connectivity index (χ0n) is 15.2. The third-order valence-corrected chi connectivity index (χ3v) is 4.69. The van der Waals surface area contributed by atoms with Gasteiger partial charge in [-0.25, -0.2) is 14.4 Å². The second-order valence-electron chi connectivity index (χ2n) is 6.45. The number of piperazine rings is 1. The molecule has 1 amide bonds. The van der Waals surface area contributed by atoms with Crippen LogP contribution < -0.4 is 15.1 Å². The SMILES string of the molecule is O=C(NCc1ccco1)c1cc(N2CCN(c3ccccc3F)CC2)ncn1. The van der Waals surface area contributed by atoms with Crippen molar-refractivity contribution in [1.82, 2.24) is 15.3 Å². The third-order valence-electron chi connectivity index (χ3n) is 4.69. The molecule has 0 radical (unpaired) electrons. The van der Waals surface area contributed by atoms with E-state index in [1.165, 1.54) is 12.4 Å². The molecule has 1 aromatic carbocycles. The van der Waals surface area contributed by atoms with Gasteiger partial charge in [-0.3, -0.25) is 4.79 Å². The Morgan fingerprint density at radius 2 is 1.86 bits per heavy atom. The Morgan fingerprint density at radius 1 is 1.07 bits per heavy atom. The number of benzene rings is 1. The van der Waals surface area contributed by atoms with Gasteiger partial charge in [-0.05, 0) is 24.3 Å². The highest BCUT2D eigenvalue weighted by molar-refractivity contribution is 5.92. The highest BCUT2D eigenvalue weighted by atomic mass is 19.1. The predicted octanol–water partition coefficient (Wildman–Crippen LogP) is 2.47. The molecule has 1 N–H and O–H groups in total. The van der Waals surface area contributed by atoms with E-state index >= 15 is 0 Å². The fraction of sp³-hybridized carbons (Fsp3) is 0.250. The van der Waals surface area contributed by atoms with Crippen LogP contribution in [-0.4, -0.2) is 42.1 Å². The summed E-state index contributed by atoms with van der Waals surface area (Å²) in [6, 6.07) is 12.0. The molecule has 144 valence electrons. The predicted molar refractivity (Wildman–Crippen MR) is 103 cm³/mol. The van der Waals surface area contributed by atoms with Crippen LogP contribution in [-0.2, 0) is 6.54 Å². The summed E-state index contributed by atoms with van der Waals surface area (Å²) in [6.07, 6.45) is 2.95. The molecule has 2 aromatic heterocycles. The Kier molecular flexibility index (Phi) is 5.18. The number of rotatable bonds is 5. The lowest BCUT2D eigenvalue weighted by molar-refractivity contribution is 0.0943. The molecule has 0 spiro atoms. The minimum Gasteiger partial charge on any atom is -0.467 e. The van der Waals surface area contributed by atoms with Crippen molar-refractivity contribution in [3.63, 3.8) is 0 Å². The summed E-state index contributed by atoms with van der Waals surface area (Å²) in [5, 5.41) is 2.77. The summed E-state index contributed by atoms with van der Waals surface area (Å²) in [5.74, 6) is 0.858. The van der Waals surface area contributed by atoms with Crippen LogP contribution in [0.4, 0.5) is 15.9 Å². The van der Waals surface area contributed by atoms with E-state index in [4.69, 9.17) is 4.42 Å². The molecular weight excluding hydrogens is 361 g/mol. The average molecular weight is 381 g/mol. The normalized spacial score (nSPS) is 14.2. The van der Waals surface area contributed by atoms with E-state index in [1.54, 1.807) is 36.6 Å². The number of furan rings is 1. The fourth-order valence-corrected chi connectivity index (χ4v) is 3.20. The monoisotopic (exact) mass is 381 g/mol. The first-order chi connectivity index (χ1) is 13.7. The second kappa shape index (κ2) is 8.08. The molecule has 1 fully saturated rings. The lowest BCUT2D eigenvalue weighted by atomic mass is 10.2. The van der Waals surface area contributed by atoms with Gasteiger partial charge in [0.15, 0.2) is 0 Å². The molecule has 8 heteroatoms. The first kappa shape index (κ1) is 18.0. The van der Waals surface area contributed by atoms with Crippen molar-refractivity contribution in [1.29, 1.82) is 0 Å². The smallest absolute Gasteiger partial charge is 0.270 e. The van der Waals surface area contributed by atoms with Gasteiger partial charge in [0.05, 0.1) is 18.5 Å². The van der Waals surface area contributed by atoms with Gasteiger partial charge in [-0.15, -0.1) is 0 Å². The molecule has 1 saturated heterocycles. The summed E-state index contributed by atoms with van der Waals surface area (Å²) < 4.78 is 19.2. The van der Waals surface area contributed by atoms with Gasteiger partial charge in [-0.1, -0.05) is 12.1 Å². The second-order valence-corrected chi connectivity index (χ2v) is 6.45. The summed E-state index contributed by atoms with van der Waals surface area (Å²) in [4.78, 5) is 24.8. The van der Waals surface area contributed by atoms with Crippen LogP contribution in [0, 0.1) is 5.82 Å². The van der Waals surface area contributed by atoms with Gasteiger partial charge in [0.1, 0.15) is 29.4 Å². The topological polar surface area (TPSA) is 74.5 Å². The minimum atomic E-state index is -0.287. The molecule has 0 unspecified atom stereocenters.